The van der Waals surface area contributed by atoms with E-state index in [1.807, 2.05) is 29.8 Å². The summed E-state index contributed by atoms with van der Waals surface area (Å²) >= 11 is 0. The van der Waals surface area contributed by atoms with E-state index in [0.29, 0.717) is 18.5 Å². The summed E-state index contributed by atoms with van der Waals surface area (Å²) in [6.07, 6.45) is 3.64. The molecule has 5 heteroatoms. The maximum Gasteiger partial charge on any atom is 0.265 e. The number of fused-ring (bicyclic) bond motifs is 1. The van der Waals surface area contributed by atoms with Gasteiger partial charge in [0.05, 0.1) is 12.1 Å². The number of aryl methyl sites for hydroxylation is 1. The Morgan fingerprint density at radius 1 is 1.41 bits per heavy atom. The third-order valence-corrected chi connectivity index (χ3v) is 4.16. The first kappa shape index (κ1) is 14.8. The molecule has 2 heterocycles. The van der Waals surface area contributed by atoms with E-state index in [0.717, 1.165) is 16.5 Å². The SMILES string of the molecule is C=Cc1ccc2c(C(=O)N3CCCC(F)(F)C3)cn(C)c2c1. The maximum absolute atomic E-state index is 13.5. The van der Waals surface area contributed by atoms with Crippen LogP contribution in [-0.2, 0) is 7.05 Å². The van der Waals surface area contributed by atoms with Crippen LogP contribution in [0.1, 0.15) is 28.8 Å². The molecule has 1 aliphatic rings. The number of aromatic nitrogens is 1. The molecule has 1 amide bonds. The van der Waals surface area contributed by atoms with Crippen molar-refractivity contribution in [3.63, 3.8) is 0 Å². The number of carbonyl (C=O) groups excluding carboxylic acids is 1. The number of rotatable bonds is 2. The smallest absolute Gasteiger partial charge is 0.265 e. The number of hydrogen-bond donors (Lipinski definition) is 0. The molecule has 0 bridgehead atoms. The van der Waals surface area contributed by atoms with Gasteiger partial charge < -0.3 is 9.47 Å². The van der Waals surface area contributed by atoms with Crippen LogP contribution in [-0.4, -0.2) is 34.4 Å². The lowest BCUT2D eigenvalue weighted by Crippen LogP contribution is -2.45. The molecule has 0 saturated carbocycles. The maximum atomic E-state index is 13.5. The molecule has 116 valence electrons. The van der Waals surface area contributed by atoms with E-state index in [1.54, 1.807) is 12.3 Å². The van der Waals surface area contributed by atoms with Gasteiger partial charge in [-0.2, -0.15) is 0 Å². The van der Waals surface area contributed by atoms with Gasteiger partial charge in [-0.3, -0.25) is 4.79 Å². The van der Waals surface area contributed by atoms with E-state index in [1.165, 1.54) is 4.90 Å². The van der Waals surface area contributed by atoms with Crippen LogP contribution in [0.2, 0.25) is 0 Å². The van der Waals surface area contributed by atoms with Crippen molar-refractivity contribution in [2.45, 2.75) is 18.8 Å². The Morgan fingerprint density at radius 3 is 2.86 bits per heavy atom. The lowest BCUT2D eigenvalue weighted by Gasteiger charge is -2.32. The number of carbonyl (C=O) groups is 1. The number of amides is 1. The number of likely N-dealkylation sites (tertiary alicyclic amines) is 1. The van der Waals surface area contributed by atoms with Gasteiger partial charge in [0.1, 0.15) is 0 Å². The highest BCUT2D eigenvalue weighted by atomic mass is 19.3. The van der Waals surface area contributed by atoms with Gasteiger partial charge in [0.2, 0.25) is 0 Å². The van der Waals surface area contributed by atoms with Crippen LogP contribution < -0.4 is 0 Å². The first-order chi connectivity index (χ1) is 10.4. The molecule has 0 N–H and O–H groups in total. The predicted molar refractivity (Wildman–Crippen MR) is 83.1 cm³/mol. The fraction of sp³-hybridized carbons (Fsp3) is 0.353. The lowest BCUT2D eigenvalue weighted by atomic mass is 10.0. The number of hydrogen-bond acceptors (Lipinski definition) is 1. The average Bonchev–Trinajstić information content (AvgIpc) is 2.82. The van der Waals surface area contributed by atoms with Gasteiger partial charge in [-0.25, -0.2) is 8.78 Å². The summed E-state index contributed by atoms with van der Waals surface area (Å²) < 4.78 is 28.9. The lowest BCUT2D eigenvalue weighted by molar-refractivity contribution is -0.0560. The molecule has 22 heavy (non-hydrogen) atoms. The molecule has 1 fully saturated rings. The molecule has 3 rings (SSSR count). The summed E-state index contributed by atoms with van der Waals surface area (Å²) in [4.78, 5) is 13.9. The van der Waals surface area contributed by atoms with E-state index in [9.17, 15) is 13.6 Å². The molecular formula is C17H18F2N2O. The highest BCUT2D eigenvalue weighted by Gasteiger charge is 2.37. The fourth-order valence-corrected chi connectivity index (χ4v) is 3.01. The Balaban J connectivity index is 1.99. The minimum absolute atomic E-state index is 0.144. The first-order valence-electron chi connectivity index (χ1n) is 7.30. The Morgan fingerprint density at radius 2 is 2.18 bits per heavy atom. The van der Waals surface area contributed by atoms with E-state index < -0.39 is 12.5 Å². The zero-order valence-electron chi connectivity index (χ0n) is 12.5. The van der Waals surface area contributed by atoms with E-state index >= 15 is 0 Å². The van der Waals surface area contributed by atoms with Gasteiger partial charge in [-0.15, -0.1) is 0 Å². The largest absolute Gasteiger partial charge is 0.350 e. The number of alkyl halides is 2. The Hall–Kier alpha value is -2.17. The van der Waals surface area contributed by atoms with Crippen molar-refractivity contribution < 1.29 is 13.6 Å². The summed E-state index contributed by atoms with van der Waals surface area (Å²) in [7, 11) is 1.84. The molecule has 0 aliphatic carbocycles. The number of nitrogens with zero attached hydrogens (tertiary/aromatic N) is 2. The quantitative estimate of drug-likeness (QED) is 0.830. The van der Waals surface area contributed by atoms with Crippen LogP contribution in [0.5, 0.6) is 0 Å². The zero-order chi connectivity index (χ0) is 15.9. The van der Waals surface area contributed by atoms with Crippen LogP contribution >= 0.6 is 0 Å². The minimum atomic E-state index is -2.78. The molecule has 0 unspecified atom stereocenters. The Labute approximate surface area is 127 Å². The highest BCUT2D eigenvalue weighted by Crippen LogP contribution is 2.29. The number of benzene rings is 1. The predicted octanol–water partition coefficient (Wildman–Crippen LogP) is 3.69. The van der Waals surface area contributed by atoms with Crippen molar-refractivity contribution in [3.8, 4) is 0 Å². The third-order valence-electron chi connectivity index (χ3n) is 4.16. The van der Waals surface area contributed by atoms with E-state index in [2.05, 4.69) is 6.58 Å². The summed E-state index contributed by atoms with van der Waals surface area (Å²) in [5, 5.41) is 0.784. The van der Waals surface area contributed by atoms with Crippen molar-refractivity contribution in [1.82, 2.24) is 9.47 Å². The summed E-state index contributed by atoms with van der Waals surface area (Å²) in [5.41, 5.74) is 2.33. The van der Waals surface area contributed by atoms with Crippen LogP contribution in [0, 0.1) is 0 Å². The van der Waals surface area contributed by atoms with Gasteiger partial charge in [0.25, 0.3) is 11.8 Å². The number of halogens is 2. The standard InChI is InChI=1S/C17H18F2N2O/c1-3-12-5-6-13-14(10-20(2)15(13)9-12)16(22)21-8-4-7-17(18,19)11-21/h3,5-6,9-10H,1,4,7-8,11H2,2H3. The highest BCUT2D eigenvalue weighted by molar-refractivity contribution is 6.07. The Kier molecular flexibility index (Phi) is 3.51. The summed E-state index contributed by atoms with van der Waals surface area (Å²) in [6.45, 7) is 3.62. The monoisotopic (exact) mass is 304 g/mol. The number of piperidine rings is 1. The van der Waals surface area contributed by atoms with Crippen molar-refractivity contribution in [2.24, 2.45) is 7.05 Å². The molecule has 2 aromatic rings. The van der Waals surface area contributed by atoms with Crippen LogP contribution in [0.3, 0.4) is 0 Å². The molecule has 1 saturated heterocycles. The molecule has 1 aromatic heterocycles. The summed E-state index contributed by atoms with van der Waals surface area (Å²) in [5.74, 6) is -3.11. The molecule has 3 nitrogen and oxygen atoms in total. The van der Waals surface area contributed by atoms with Gasteiger partial charge in [0, 0.05) is 37.1 Å². The second kappa shape index (κ2) is 5.23. The van der Waals surface area contributed by atoms with Crippen LogP contribution in [0.4, 0.5) is 8.78 Å². The van der Waals surface area contributed by atoms with E-state index in [-0.39, 0.29) is 12.3 Å². The van der Waals surface area contributed by atoms with Gasteiger partial charge in [-0.05, 0) is 18.1 Å². The van der Waals surface area contributed by atoms with Gasteiger partial charge in [0.15, 0.2) is 0 Å². The molecule has 0 radical (unpaired) electrons. The second-order valence-corrected chi connectivity index (χ2v) is 5.82. The van der Waals surface area contributed by atoms with Crippen molar-refractivity contribution in [1.29, 1.82) is 0 Å². The minimum Gasteiger partial charge on any atom is -0.350 e. The molecule has 0 atom stereocenters. The average molecular weight is 304 g/mol. The van der Waals surface area contributed by atoms with Crippen molar-refractivity contribution in [2.75, 3.05) is 13.1 Å². The van der Waals surface area contributed by atoms with E-state index in [4.69, 9.17) is 0 Å². The topological polar surface area (TPSA) is 25.2 Å². The second-order valence-electron chi connectivity index (χ2n) is 5.82. The van der Waals surface area contributed by atoms with Crippen LogP contribution in [0.25, 0.3) is 17.0 Å². The third kappa shape index (κ3) is 2.51. The summed E-state index contributed by atoms with van der Waals surface area (Å²) in [6, 6.07) is 5.66. The molecular weight excluding hydrogens is 286 g/mol. The van der Waals surface area contributed by atoms with Gasteiger partial charge >= 0.3 is 0 Å². The van der Waals surface area contributed by atoms with Crippen molar-refractivity contribution >= 4 is 22.9 Å². The Bertz CT molecular complexity index is 748. The normalized spacial score (nSPS) is 17.7. The van der Waals surface area contributed by atoms with Gasteiger partial charge in [-0.1, -0.05) is 24.8 Å². The van der Waals surface area contributed by atoms with Crippen LogP contribution in [0.15, 0.2) is 31.0 Å². The van der Waals surface area contributed by atoms with Crippen molar-refractivity contribution in [3.05, 3.63) is 42.1 Å². The first-order valence-corrected chi connectivity index (χ1v) is 7.30. The molecule has 0 spiro atoms. The molecule has 1 aliphatic heterocycles. The molecule has 1 aromatic carbocycles. The fourth-order valence-electron chi connectivity index (χ4n) is 3.01. The zero-order valence-corrected chi connectivity index (χ0v) is 12.5.